The molecule has 0 bridgehead atoms. The Bertz CT molecular complexity index is 399. The molecule has 0 aliphatic heterocycles. The number of nitrogens with zero attached hydrogens (tertiary/aromatic N) is 2. The largest absolute Gasteiger partial charge is 0.355 e. The lowest BCUT2D eigenvalue weighted by atomic mass is 10.2. The van der Waals surface area contributed by atoms with E-state index in [4.69, 9.17) is 11.6 Å². The number of halogens is 1. The summed E-state index contributed by atoms with van der Waals surface area (Å²) in [5.74, 6) is 0.937. The lowest BCUT2D eigenvalue weighted by molar-refractivity contribution is 0.587. The van der Waals surface area contributed by atoms with Crippen molar-refractivity contribution in [1.29, 1.82) is 0 Å². The number of aromatic nitrogens is 1. The first-order valence-corrected chi connectivity index (χ1v) is 8.59. The first kappa shape index (κ1) is 18.2. The van der Waals surface area contributed by atoms with Crippen molar-refractivity contribution in [2.45, 2.75) is 66.0 Å². The van der Waals surface area contributed by atoms with Crippen LogP contribution in [0, 0.1) is 0 Å². The molecule has 120 valence electrons. The van der Waals surface area contributed by atoms with Gasteiger partial charge in [0.1, 0.15) is 5.82 Å². The lowest BCUT2D eigenvalue weighted by Crippen LogP contribution is -2.27. The summed E-state index contributed by atoms with van der Waals surface area (Å²) in [4.78, 5) is 6.94. The standard InChI is InChI=1S/C17H30ClN3/c1-5-7-9-21(10-8-6-2)17-16(18)11-15(13-20-17)12-19-14(3)4/h11,13-14,19H,5-10,12H2,1-4H3. The van der Waals surface area contributed by atoms with E-state index in [0.717, 1.165) is 36.0 Å². The number of hydrogen-bond donors (Lipinski definition) is 1. The average molecular weight is 312 g/mol. The topological polar surface area (TPSA) is 28.2 Å². The van der Waals surface area contributed by atoms with Crippen LogP contribution in [-0.4, -0.2) is 24.1 Å². The van der Waals surface area contributed by atoms with Crippen molar-refractivity contribution in [3.63, 3.8) is 0 Å². The van der Waals surface area contributed by atoms with Gasteiger partial charge in [-0.1, -0.05) is 52.1 Å². The zero-order valence-electron chi connectivity index (χ0n) is 14.0. The molecule has 0 radical (unpaired) electrons. The Morgan fingerprint density at radius 3 is 2.29 bits per heavy atom. The zero-order chi connectivity index (χ0) is 15.7. The van der Waals surface area contributed by atoms with Gasteiger partial charge in [0.15, 0.2) is 0 Å². The first-order chi connectivity index (χ1) is 10.1. The van der Waals surface area contributed by atoms with E-state index in [9.17, 15) is 0 Å². The molecule has 0 fully saturated rings. The van der Waals surface area contributed by atoms with Gasteiger partial charge in [0.25, 0.3) is 0 Å². The molecule has 21 heavy (non-hydrogen) atoms. The van der Waals surface area contributed by atoms with Gasteiger partial charge in [-0.25, -0.2) is 4.98 Å². The molecule has 1 aromatic rings. The number of unbranched alkanes of at least 4 members (excludes halogenated alkanes) is 2. The van der Waals surface area contributed by atoms with E-state index in [-0.39, 0.29) is 0 Å². The summed E-state index contributed by atoms with van der Waals surface area (Å²) in [6, 6.07) is 2.51. The fourth-order valence-corrected chi connectivity index (χ4v) is 2.45. The van der Waals surface area contributed by atoms with Crippen LogP contribution in [0.2, 0.25) is 5.02 Å². The van der Waals surface area contributed by atoms with Crippen LogP contribution in [0.4, 0.5) is 5.82 Å². The van der Waals surface area contributed by atoms with Crippen molar-refractivity contribution >= 4 is 17.4 Å². The first-order valence-electron chi connectivity index (χ1n) is 8.21. The van der Waals surface area contributed by atoms with Gasteiger partial charge in [-0.2, -0.15) is 0 Å². The molecule has 1 aromatic heterocycles. The third-order valence-corrected chi connectivity index (χ3v) is 3.73. The van der Waals surface area contributed by atoms with Crippen molar-refractivity contribution < 1.29 is 0 Å². The fraction of sp³-hybridized carbons (Fsp3) is 0.706. The lowest BCUT2D eigenvalue weighted by Gasteiger charge is -2.24. The molecule has 0 atom stereocenters. The summed E-state index contributed by atoms with van der Waals surface area (Å²) in [6.45, 7) is 11.6. The normalized spacial score (nSPS) is 11.1. The van der Waals surface area contributed by atoms with E-state index in [2.05, 4.69) is 42.9 Å². The second kappa shape index (κ2) is 10.0. The van der Waals surface area contributed by atoms with Gasteiger partial charge in [-0.3, -0.25) is 0 Å². The Kier molecular flexibility index (Phi) is 8.70. The molecule has 0 aliphatic carbocycles. The summed E-state index contributed by atoms with van der Waals surface area (Å²) in [5.41, 5.74) is 1.14. The molecule has 0 aromatic carbocycles. The van der Waals surface area contributed by atoms with Crippen molar-refractivity contribution in [1.82, 2.24) is 10.3 Å². The zero-order valence-corrected chi connectivity index (χ0v) is 14.7. The maximum absolute atomic E-state index is 6.47. The molecule has 1 heterocycles. The minimum Gasteiger partial charge on any atom is -0.355 e. The van der Waals surface area contributed by atoms with E-state index in [0.29, 0.717) is 6.04 Å². The molecule has 1 rings (SSSR count). The summed E-state index contributed by atoms with van der Waals surface area (Å²) >= 11 is 6.47. The van der Waals surface area contributed by atoms with E-state index in [1.54, 1.807) is 0 Å². The van der Waals surface area contributed by atoms with Crippen LogP contribution < -0.4 is 10.2 Å². The van der Waals surface area contributed by atoms with Crippen LogP contribution in [0.15, 0.2) is 12.3 Å². The van der Waals surface area contributed by atoms with Gasteiger partial charge in [0.05, 0.1) is 5.02 Å². The van der Waals surface area contributed by atoms with Crippen LogP contribution in [-0.2, 0) is 6.54 Å². The van der Waals surface area contributed by atoms with Crippen molar-refractivity contribution in [3.8, 4) is 0 Å². The van der Waals surface area contributed by atoms with Gasteiger partial charge < -0.3 is 10.2 Å². The van der Waals surface area contributed by atoms with Gasteiger partial charge in [-0.15, -0.1) is 0 Å². The SMILES string of the molecule is CCCCN(CCCC)c1ncc(CNC(C)C)cc1Cl. The molecular formula is C17H30ClN3. The van der Waals surface area contributed by atoms with Gasteiger partial charge in [0, 0.05) is 31.9 Å². The maximum Gasteiger partial charge on any atom is 0.147 e. The molecule has 0 saturated carbocycles. The average Bonchev–Trinajstić information content (AvgIpc) is 2.46. The van der Waals surface area contributed by atoms with Crippen molar-refractivity contribution in [3.05, 3.63) is 22.8 Å². The Balaban J connectivity index is 2.77. The van der Waals surface area contributed by atoms with Crippen molar-refractivity contribution in [2.75, 3.05) is 18.0 Å². The predicted molar refractivity (Wildman–Crippen MR) is 93.3 cm³/mol. The Labute approximate surface area is 135 Å². The Morgan fingerprint density at radius 1 is 1.19 bits per heavy atom. The number of pyridine rings is 1. The second-order valence-electron chi connectivity index (χ2n) is 5.88. The molecule has 0 spiro atoms. The van der Waals surface area contributed by atoms with Gasteiger partial charge >= 0.3 is 0 Å². The van der Waals surface area contributed by atoms with Gasteiger partial charge in [-0.05, 0) is 24.5 Å². The number of anilines is 1. The highest BCUT2D eigenvalue weighted by Crippen LogP contribution is 2.25. The van der Waals surface area contributed by atoms with Crippen LogP contribution in [0.5, 0.6) is 0 Å². The number of hydrogen-bond acceptors (Lipinski definition) is 3. The van der Waals surface area contributed by atoms with Crippen LogP contribution in [0.1, 0.15) is 58.9 Å². The van der Waals surface area contributed by atoms with E-state index >= 15 is 0 Å². The summed E-state index contributed by atoms with van der Waals surface area (Å²) in [5, 5.41) is 4.16. The monoisotopic (exact) mass is 311 g/mol. The summed E-state index contributed by atoms with van der Waals surface area (Å²) < 4.78 is 0. The quantitative estimate of drug-likeness (QED) is 0.682. The minimum atomic E-state index is 0.467. The molecule has 3 nitrogen and oxygen atoms in total. The van der Waals surface area contributed by atoms with Crippen molar-refractivity contribution in [2.24, 2.45) is 0 Å². The molecule has 4 heteroatoms. The minimum absolute atomic E-state index is 0.467. The highest BCUT2D eigenvalue weighted by atomic mass is 35.5. The molecule has 1 N–H and O–H groups in total. The fourth-order valence-electron chi connectivity index (χ4n) is 2.14. The Morgan fingerprint density at radius 2 is 1.81 bits per heavy atom. The van der Waals surface area contributed by atoms with E-state index in [1.165, 1.54) is 25.7 Å². The smallest absolute Gasteiger partial charge is 0.147 e. The Hall–Kier alpha value is -0.800. The number of nitrogens with one attached hydrogen (secondary N) is 1. The van der Waals surface area contributed by atoms with E-state index in [1.807, 2.05) is 12.3 Å². The van der Waals surface area contributed by atoms with Crippen LogP contribution >= 0.6 is 11.6 Å². The highest BCUT2D eigenvalue weighted by Gasteiger charge is 2.12. The summed E-state index contributed by atoms with van der Waals surface area (Å²) in [7, 11) is 0. The summed E-state index contributed by atoms with van der Waals surface area (Å²) in [6.07, 6.45) is 6.69. The molecular weight excluding hydrogens is 282 g/mol. The molecule has 0 amide bonds. The molecule has 0 aliphatic rings. The molecule has 0 unspecified atom stereocenters. The van der Waals surface area contributed by atoms with E-state index < -0.39 is 0 Å². The third-order valence-electron chi connectivity index (χ3n) is 3.46. The number of rotatable bonds is 10. The van der Waals surface area contributed by atoms with Crippen LogP contribution in [0.25, 0.3) is 0 Å². The molecule has 0 saturated heterocycles. The van der Waals surface area contributed by atoms with Gasteiger partial charge in [0.2, 0.25) is 0 Å². The van der Waals surface area contributed by atoms with Crippen LogP contribution in [0.3, 0.4) is 0 Å². The predicted octanol–water partition coefficient (Wildman–Crippen LogP) is 4.64. The third kappa shape index (κ3) is 6.66. The highest BCUT2D eigenvalue weighted by molar-refractivity contribution is 6.33. The second-order valence-corrected chi connectivity index (χ2v) is 6.29. The maximum atomic E-state index is 6.47.